The fourth-order valence-electron chi connectivity index (χ4n) is 2.45. The van der Waals surface area contributed by atoms with Crippen LogP contribution in [-0.4, -0.2) is 30.1 Å². The van der Waals surface area contributed by atoms with Crippen molar-refractivity contribution in [2.75, 3.05) is 7.11 Å². The topological polar surface area (TPSA) is 75.6 Å². The number of aliphatic carboxylic acids is 1. The smallest absolute Gasteiger partial charge is 0.326 e. The van der Waals surface area contributed by atoms with E-state index in [-0.39, 0.29) is 18.2 Å². The van der Waals surface area contributed by atoms with E-state index in [0.717, 1.165) is 22.4 Å². The summed E-state index contributed by atoms with van der Waals surface area (Å²) < 4.78 is 5.20. The van der Waals surface area contributed by atoms with Crippen LogP contribution in [0.15, 0.2) is 12.1 Å². The lowest BCUT2D eigenvalue weighted by Gasteiger charge is -2.18. The summed E-state index contributed by atoms with van der Waals surface area (Å²) in [5, 5.41) is 11.8. The number of carbonyl (C=O) groups is 2. The van der Waals surface area contributed by atoms with Crippen LogP contribution in [0.25, 0.3) is 0 Å². The molecular weight excluding hydrogens is 282 g/mol. The van der Waals surface area contributed by atoms with Crippen LogP contribution in [0.4, 0.5) is 0 Å². The van der Waals surface area contributed by atoms with Gasteiger partial charge in [-0.3, -0.25) is 4.79 Å². The summed E-state index contributed by atoms with van der Waals surface area (Å²) >= 11 is 0. The Morgan fingerprint density at radius 3 is 2.18 bits per heavy atom. The molecule has 0 heterocycles. The molecule has 0 aliphatic rings. The molecule has 0 radical (unpaired) electrons. The van der Waals surface area contributed by atoms with E-state index in [1.165, 1.54) is 0 Å². The highest BCUT2D eigenvalue weighted by Crippen LogP contribution is 2.22. The first kappa shape index (κ1) is 18.0. The Morgan fingerprint density at radius 2 is 1.77 bits per heavy atom. The minimum atomic E-state index is -0.995. The van der Waals surface area contributed by atoms with Gasteiger partial charge in [-0.1, -0.05) is 13.8 Å². The van der Waals surface area contributed by atoms with Crippen LogP contribution in [0.2, 0.25) is 0 Å². The quantitative estimate of drug-likeness (QED) is 0.811. The lowest BCUT2D eigenvalue weighted by molar-refractivity contribution is -0.142. The predicted molar refractivity (Wildman–Crippen MR) is 85.2 cm³/mol. The first-order valence-corrected chi connectivity index (χ1v) is 7.40. The number of rotatable bonds is 7. The number of carboxylic acids is 1. The Hall–Kier alpha value is -2.04. The fraction of sp³-hybridized carbons (Fsp3) is 0.529. The number of benzene rings is 1. The van der Waals surface area contributed by atoms with Crippen LogP contribution >= 0.6 is 0 Å². The molecule has 2 N–H and O–H groups in total. The third-order valence-electron chi connectivity index (χ3n) is 3.58. The Bertz CT molecular complexity index is 529. The van der Waals surface area contributed by atoms with E-state index >= 15 is 0 Å². The molecule has 5 nitrogen and oxygen atoms in total. The van der Waals surface area contributed by atoms with E-state index in [4.69, 9.17) is 4.74 Å². The normalized spacial score (nSPS) is 12.1. The number of aryl methyl sites for hydroxylation is 2. The number of ether oxygens (including phenoxy) is 1. The van der Waals surface area contributed by atoms with Crippen LogP contribution in [-0.2, 0) is 16.0 Å². The third kappa shape index (κ3) is 5.06. The van der Waals surface area contributed by atoms with Crippen LogP contribution in [0.3, 0.4) is 0 Å². The van der Waals surface area contributed by atoms with Gasteiger partial charge in [-0.05, 0) is 55.0 Å². The largest absolute Gasteiger partial charge is 0.497 e. The highest BCUT2D eigenvalue weighted by Gasteiger charge is 2.21. The first-order valence-electron chi connectivity index (χ1n) is 7.40. The van der Waals surface area contributed by atoms with Gasteiger partial charge in [0, 0.05) is 0 Å². The average Bonchev–Trinajstić information content (AvgIpc) is 2.41. The number of carboxylic acid groups (broad SMARTS) is 1. The molecule has 1 aromatic carbocycles. The van der Waals surface area contributed by atoms with Crippen molar-refractivity contribution < 1.29 is 19.4 Å². The summed E-state index contributed by atoms with van der Waals surface area (Å²) in [4.78, 5) is 23.4. The van der Waals surface area contributed by atoms with Crippen LogP contribution in [0, 0.1) is 19.8 Å². The highest BCUT2D eigenvalue weighted by molar-refractivity contribution is 5.85. The summed E-state index contributed by atoms with van der Waals surface area (Å²) in [5.41, 5.74) is 2.83. The molecule has 0 spiro atoms. The second-order valence-corrected chi connectivity index (χ2v) is 6.00. The van der Waals surface area contributed by atoms with Gasteiger partial charge in [0.05, 0.1) is 13.5 Å². The lowest BCUT2D eigenvalue weighted by atomic mass is 9.98. The van der Waals surface area contributed by atoms with Crippen LogP contribution < -0.4 is 10.1 Å². The van der Waals surface area contributed by atoms with E-state index in [1.807, 2.05) is 39.8 Å². The van der Waals surface area contributed by atoms with Crippen molar-refractivity contribution in [1.82, 2.24) is 5.32 Å². The molecule has 1 unspecified atom stereocenters. The predicted octanol–water partition coefficient (Wildman–Crippen LogP) is 2.47. The SMILES string of the molecule is COc1cc(C)c(CC(=O)NC(CC(C)C)C(=O)O)c(C)c1. The standard InChI is InChI=1S/C17H25NO4/c1-10(2)6-15(17(20)21)18-16(19)9-14-11(3)7-13(22-5)8-12(14)4/h7-8,10,15H,6,9H2,1-5H3,(H,18,19)(H,20,21). The van der Waals surface area contributed by atoms with Gasteiger partial charge < -0.3 is 15.2 Å². The van der Waals surface area contributed by atoms with Gasteiger partial charge in [0.25, 0.3) is 0 Å². The minimum Gasteiger partial charge on any atom is -0.497 e. The monoisotopic (exact) mass is 307 g/mol. The molecular formula is C17H25NO4. The minimum absolute atomic E-state index is 0.170. The second kappa shape index (κ2) is 7.82. The van der Waals surface area contributed by atoms with Crippen molar-refractivity contribution in [3.8, 4) is 5.75 Å². The number of nitrogens with one attached hydrogen (secondary N) is 1. The molecule has 0 saturated heterocycles. The molecule has 0 bridgehead atoms. The van der Waals surface area contributed by atoms with E-state index in [9.17, 15) is 14.7 Å². The Morgan fingerprint density at radius 1 is 1.23 bits per heavy atom. The highest BCUT2D eigenvalue weighted by atomic mass is 16.5. The molecule has 0 saturated carbocycles. The van der Waals surface area contributed by atoms with Gasteiger partial charge in [0.1, 0.15) is 11.8 Å². The summed E-state index contributed by atoms with van der Waals surface area (Å²) in [7, 11) is 1.60. The lowest BCUT2D eigenvalue weighted by Crippen LogP contribution is -2.42. The van der Waals surface area contributed by atoms with Crippen LogP contribution in [0.1, 0.15) is 37.0 Å². The Balaban J connectivity index is 2.82. The summed E-state index contributed by atoms with van der Waals surface area (Å²) in [6.45, 7) is 7.70. The van der Waals surface area contributed by atoms with Crippen molar-refractivity contribution in [3.63, 3.8) is 0 Å². The molecule has 1 aromatic rings. The van der Waals surface area contributed by atoms with Gasteiger partial charge in [0.2, 0.25) is 5.91 Å². The van der Waals surface area contributed by atoms with Crippen molar-refractivity contribution in [3.05, 3.63) is 28.8 Å². The van der Waals surface area contributed by atoms with Crippen molar-refractivity contribution >= 4 is 11.9 Å². The number of methoxy groups -OCH3 is 1. The molecule has 1 rings (SSSR count). The average molecular weight is 307 g/mol. The zero-order chi connectivity index (χ0) is 16.9. The number of hydrogen-bond acceptors (Lipinski definition) is 3. The molecule has 22 heavy (non-hydrogen) atoms. The van der Waals surface area contributed by atoms with E-state index in [2.05, 4.69) is 5.32 Å². The van der Waals surface area contributed by atoms with E-state index in [1.54, 1.807) is 7.11 Å². The maximum absolute atomic E-state index is 12.2. The third-order valence-corrected chi connectivity index (χ3v) is 3.58. The Kier molecular flexibility index (Phi) is 6.40. The molecule has 122 valence electrons. The molecule has 0 aromatic heterocycles. The maximum atomic E-state index is 12.2. The van der Waals surface area contributed by atoms with E-state index in [0.29, 0.717) is 6.42 Å². The number of amides is 1. The Labute approximate surface area is 131 Å². The number of carbonyl (C=O) groups excluding carboxylic acids is 1. The van der Waals surface area contributed by atoms with Gasteiger partial charge in [0.15, 0.2) is 0 Å². The molecule has 5 heteroatoms. The second-order valence-electron chi connectivity index (χ2n) is 6.00. The zero-order valence-electron chi connectivity index (χ0n) is 13.9. The van der Waals surface area contributed by atoms with Crippen molar-refractivity contribution in [1.29, 1.82) is 0 Å². The van der Waals surface area contributed by atoms with Crippen molar-refractivity contribution in [2.24, 2.45) is 5.92 Å². The van der Waals surface area contributed by atoms with Gasteiger partial charge in [-0.25, -0.2) is 4.79 Å². The molecule has 0 fully saturated rings. The molecule has 0 aliphatic carbocycles. The molecule has 1 amide bonds. The maximum Gasteiger partial charge on any atom is 0.326 e. The van der Waals surface area contributed by atoms with Gasteiger partial charge in [-0.2, -0.15) is 0 Å². The van der Waals surface area contributed by atoms with Gasteiger partial charge in [-0.15, -0.1) is 0 Å². The summed E-state index contributed by atoms with van der Waals surface area (Å²) in [5.74, 6) is -0.317. The van der Waals surface area contributed by atoms with Crippen molar-refractivity contribution in [2.45, 2.75) is 46.6 Å². The summed E-state index contributed by atoms with van der Waals surface area (Å²) in [6, 6.07) is 2.91. The fourth-order valence-corrected chi connectivity index (χ4v) is 2.45. The zero-order valence-corrected chi connectivity index (χ0v) is 13.9. The number of hydrogen-bond donors (Lipinski definition) is 2. The first-order chi connectivity index (χ1) is 10.2. The molecule has 0 aliphatic heterocycles. The van der Waals surface area contributed by atoms with E-state index < -0.39 is 12.0 Å². The summed E-state index contributed by atoms with van der Waals surface area (Å²) in [6.07, 6.45) is 0.588. The molecule has 1 atom stereocenters. The van der Waals surface area contributed by atoms with Crippen LogP contribution in [0.5, 0.6) is 5.75 Å². The van der Waals surface area contributed by atoms with Gasteiger partial charge >= 0.3 is 5.97 Å².